The summed E-state index contributed by atoms with van der Waals surface area (Å²) in [5, 5.41) is 23.0. The highest BCUT2D eigenvalue weighted by Crippen LogP contribution is 2.14. The third-order valence-corrected chi connectivity index (χ3v) is 10.1. The lowest BCUT2D eigenvalue weighted by atomic mass is 10.0. The van der Waals surface area contributed by atoms with Crippen molar-refractivity contribution in [3.8, 4) is 0 Å². The summed E-state index contributed by atoms with van der Waals surface area (Å²) in [7, 11) is 0. The fraction of sp³-hybridized carbons (Fsp3) is 0.848. The van der Waals surface area contributed by atoms with E-state index >= 15 is 0 Å². The number of aliphatic hydroxyl groups is 2. The summed E-state index contributed by atoms with van der Waals surface area (Å²) in [6.45, 7) is 4.31. The van der Waals surface area contributed by atoms with Crippen molar-refractivity contribution in [1.29, 1.82) is 0 Å². The van der Waals surface area contributed by atoms with Gasteiger partial charge in [0.1, 0.15) is 0 Å². The van der Waals surface area contributed by atoms with E-state index in [0.717, 1.165) is 32.1 Å². The van der Waals surface area contributed by atoms with Gasteiger partial charge in [-0.3, -0.25) is 4.79 Å². The molecule has 2 unspecified atom stereocenters. The Kier molecular flexibility index (Phi) is 40.9. The molecular weight excluding hydrogens is 615 g/mol. The van der Waals surface area contributed by atoms with E-state index in [1.54, 1.807) is 6.08 Å². The highest BCUT2D eigenvalue weighted by atomic mass is 16.3. The second-order valence-electron chi connectivity index (χ2n) is 15.1. The van der Waals surface area contributed by atoms with E-state index in [0.29, 0.717) is 6.42 Å². The molecule has 0 saturated heterocycles. The lowest BCUT2D eigenvalue weighted by Gasteiger charge is -2.20. The van der Waals surface area contributed by atoms with Gasteiger partial charge in [-0.1, -0.05) is 211 Å². The first-order valence-corrected chi connectivity index (χ1v) is 22.2. The Hall–Kier alpha value is -1.39. The summed E-state index contributed by atoms with van der Waals surface area (Å²) in [6, 6.07) is -0.623. The summed E-state index contributed by atoms with van der Waals surface area (Å²) >= 11 is 0. The number of rotatable bonds is 40. The van der Waals surface area contributed by atoms with Crippen molar-refractivity contribution in [2.24, 2.45) is 0 Å². The maximum atomic E-state index is 12.4. The zero-order valence-electron chi connectivity index (χ0n) is 33.7. The smallest absolute Gasteiger partial charge is 0.220 e. The van der Waals surface area contributed by atoms with Crippen LogP contribution in [0.2, 0.25) is 0 Å². The Morgan fingerprint density at radius 2 is 0.820 bits per heavy atom. The monoisotopic (exact) mass is 702 g/mol. The van der Waals surface area contributed by atoms with Crippen molar-refractivity contribution in [3.63, 3.8) is 0 Å². The zero-order valence-corrected chi connectivity index (χ0v) is 33.7. The van der Waals surface area contributed by atoms with Crippen LogP contribution in [0.1, 0.15) is 232 Å². The average Bonchev–Trinajstić information content (AvgIpc) is 3.12. The molecule has 0 saturated carbocycles. The average molecular weight is 702 g/mol. The number of hydrogen-bond donors (Lipinski definition) is 3. The number of nitrogens with one attached hydrogen (secondary N) is 1. The number of hydrogen-bond acceptors (Lipinski definition) is 3. The van der Waals surface area contributed by atoms with Crippen LogP contribution in [0.3, 0.4) is 0 Å². The quantitative estimate of drug-likeness (QED) is 0.0440. The normalized spacial score (nSPS) is 13.3. The predicted octanol–water partition coefficient (Wildman–Crippen LogP) is 13.8. The molecule has 294 valence electrons. The third kappa shape index (κ3) is 37.9. The van der Waals surface area contributed by atoms with Crippen LogP contribution in [-0.4, -0.2) is 34.9 Å². The van der Waals surface area contributed by atoms with Crippen molar-refractivity contribution < 1.29 is 15.0 Å². The molecule has 3 N–H and O–H groups in total. The van der Waals surface area contributed by atoms with E-state index < -0.39 is 12.1 Å². The molecule has 0 fully saturated rings. The minimum absolute atomic E-state index is 0.0685. The molecule has 4 heteroatoms. The van der Waals surface area contributed by atoms with Crippen LogP contribution in [0.4, 0.5) is 0 Å². The highest BCUT2D eigenvalue weighted by molar-refractivity contribution is 5.76. The zero-order chi connectivity index (χ0) is 36.4. The molecular formula is C46H87NO3. The van der Waals surface area contributed by atoms with E-state index in [1.807, 2.05) is 6.08 Å². The van der Waals surface area contributed by atoms with Crippen molar-refractivity contribution in [3.05, 3.63) is 36.5 Å². The molecule has 0 bridgehead atoms. The number of carbonyl (C=O) groups excluding carboxylic acids is 1. The lowest BCUT2D eigenvalue weighted by molar-refractivity contribution is -0.123. The van der Waals surface area contributed by atoms with Gasteiger partial charge in [-0.15, -0.1) is 0 Å². The SMILES string of the molecule is CCCCCCCCCCC/C=C\C/C=C\CCCCCCCCCCCC(=O)NC(CO)C(O)/C=C/CCCCCCCCCCCCC. The van der Waals surface area contributed by atoms with Crippen LogP contribution in [0, 0.1) is 0 Å². The van der Waals surface area contributed by atoms with Gasteiger partial charge in [0.15, 0.2) is 0 Å². The van der Waals surface area contributed by atoms with Gasteiger partial charge in [0.25, 0.3) is 0 Å². The molecule has 50 heavy (non-hydrogen) atoms. The standard InChI is InChI=1S/C46H87NO3/c1-3-5-7-9-11-13-15-17-18-19-20-21-22-23-24-25-26-27-28-30-32-34-36-38-40-42-46(50)47-44(43-48)45(49)41-39-37-35-33-31-29-16-14-12-10-8-6-4-2/h20-21,23-24,39,41,44-45,48-49H,3-19,22,25-38,40,42-43H2,1-2H3,(H,47,50)/b21-20-,24-23-,41-39+. The van der Waals surface area contributed by atoms with Gasteiger partial charge in [0.05, 0.1) is 18.8 Å². The minimum atomic E-state index is -0.839. The molecule has 0 aliphatic rings. The molecule has 0 aromatic rings. The Morgan fingerprint density at radius 1 is 0.480 bits per heavy atom. The topological polar surface area (TPSA) is 69.6 Å². The first-order valence-electron chi connectivity index (χ1n) is 22.2. The van der Waals surface area contributed by atoms with E-state index in [4.69, 9.17) is 0 Å². The van der Waals surface area contributed by atoms with Crippen LogP contribution < -0.4 is 5.32 Å². The number of allylic oxidation sites excluding steroid dienone is 5. The molecule has 0 heterocycles. The van der Waals surface area contributed by atoms with Crippen molar-refractivity contribution in [2.45, 2.75) is 244 Å². The van der Waals surface area contributed by atoms with Crippen molar-refractivity contribution in [1.82, 2.24) is 5.32 Å². The van der Waals surface area contributed by atoms with Gasteiger partial charge in [0, 0.05) is 6.42 Å². The fourth-order valence-electron chi connectivity index (χ4n) is 6.68. The molecule has 0 aromatic carbocycles. The Balaban J connectivity index is 3.55. The van der Waals surface area contributed by atoms with Crippen LogP contribution in [0.5, 0.6) is 0 Å². The maximum absolute atomic E-state index is 12.4. The second-order valence-corrected chi connectivity index (χ2v) is 15.1. The minimum Gasteiger partial charge on any atom is -0.394 e. The number of carbonyl (C=O) groups is 1. The van der Waals surface area contributed by atoms with Gasteiger partial charge in [-0.2, -0.15) is 0 Å². The number of unbranched alkanes of at least 4 members (excludes halogenated alkanes) is 29. The molecule has 0 spiro atoms. The first-order chi connectivity index (χ1) is 24.7. The summed E-state index contributed by atoms with van der Waals surface area (Å²) in [4.78, 5) is 12.4. The van der Waals surface area contributed by atoms with Crippen molar-refractivity contribution >= 4 is 5.91 Å². The van der Waals surface area contributed by atoms with Gasteiger partial charge in [0.2, 0.25) is 5.91 Å². The Morgan fingerprint density at radius 3 is 1.20 bits per heavy atom. The van der Waals surface area contributed by atoms with Gasteiger partial charge in [-0.05, 0) is 51.4 Å². The van der Waals surface area contributed by atoms with E-state index in [2.05, 4.69) is 43.5 Å². The molecule has 1 amide bonds. The van der Waals surface area contributed by atoms with Gasteiger partial charge >= 0.3 is 0 Å². The summed E-state index contributed by atoms with van der Waals surface area (Å²) < 4.78 is 0. The number of aliphatic hydroxyl groups excluding tert-OH is 2. The molecule has 0 aliphatic carbocycles. The third-order valence-electron chi connectivity index (χ3n) is 10.1. The first kappa shape index (κ1) is 48.6. The lowest BCUT2D eigenvalue weighted by Crippen LogP contribution is -2.45. The summed E-state index contributed by atoms with van der Waals surface area (Å²) in [6.07, 6.45) is 55.4. The van der Waals surface area contributed by atoms with Gasteiger partial charge in [-0.25, -0.2) is 0 Å². The number of amides is 1. The molecule has 0 aliphatic heterocycles. The van der Waals surface area contributed by atoms with E-state index in [9.17, 15) is 15.0 Å². The molecule has 0 aromatic heterocycles. The Labute approximate surface area is 312 Å². The maximum Gasteiger partial charge on any atom is 0.220 e. The van der Waals surface area contributed by atoms with Crippen LogP contribution >= 0.6 is 0 Å². The Bertz CT molecular complexity index is 760. The van der Waals surface area contributed by atoms with Crippen molar-refractivity contribution in [2.75, 3.05) is 6.61 Å². The summed E-state index contributed by atoms with van der Waals surface area (Å²) in [5.41, 5.74) is 0. The molecule has 0 radical (unpaired) electrons. The molecule has 0 rings (SSSR count). The fourth-order valence-corrected chi connectivity index (χ4v) is 6.68. The molecule has 4 nitrogen and oxygen atoms in total. The highest BCUT2D eigenvalue weighted by Gasteiger charge is 2.17. The van der Waals surface area contributed by atoms with E-state index in [1.165, 1.54) is 180 Å². The van der Waals surface area contributed by atoms with Crippen LogP contribution in [0.15, 0.2) is 36.5 Å². The largest absolute Gasteiger partial charge is 0.394 e. The van der Waals surface area contributed by atoms with Crippen LogP contribution in [-0.2, 0) is 4.79 Å². The molecule has 2 atom stereocenters. The summed E-state index contributed by atoms with van der Waals surface area (Å²) in [5.74, 6) is -0.0685. The predicted molar refractivity (Wildman–Crippen MR) is 221 cm³/mol. The van der Waals surface area contributed by atoms with Crippen LogP contribution in [0.25, 0.3) is 0 Å². The second kappa shape index (κ2) is 42.0. The van der Waals surface area contributed by atoms with Gasteiger partial charge < -0.3 is 15.5 Å². The van der Waals surface area contributed by atoms with E-state index in [-0.39, 0.29) is 12.5 Å².